The van der Waals surface area contributed by atoms with Gasteiger partial charge in [-0.05, 0) is 86.3 Å². The monoisotopic (exact) mass is 408 g/mol. The van der Waals surface area contributed by atoms with Crippen molar-refractivity contribution in [2.75, 3.05) is 10.0 Å². The van der Waals surface area contributed by atoms with Crippen molar-refractivity contribution in [3.8, 4) is 0 Å². The first-order valence-electron chi connectivity index (χ1n) is 9.25. The Morgan fingerprint density at radius 3 is 2.17 bits per heavy atom. The normalized spacial score (nSPS) is 11.2. The summed E-state index contributed by atoms with van der Waals surface area (Å²) in [5.74, 6) is -0.287. The first kappa shape index (κ1) is 20.6. The van der Waals surface area contributed by atoms with Gasteiger partial charge in [-0.3, -0.25) is 9.52 Å². The molecule has 3 rings (SSSR count). The molecule has 2 N–H and O–H groups in total. The molecule has 0 aromatic heterocycles. The minimum atomic E-state index is -3.75. The van der Waals surface area contributed by atoms with Gasteiger partial charge in [-0.2, -0.15) is 0 Å². The van der Waals surface area contributed by atoms with Gasteiger partial charge < -0.3 is 5.32 Å². The third-order valence-electron chi connectivity index (χ3n) is 4.92. The van der Waals surface area contributed by atoms with E-state index >= 15 is 0 Å². The predicted molar refractivity (Wildman–Crippen MR) is 117 cm³/mol. The predicted octanol–water partition coefficient (Wildman–Crippen LogP) is 4.97. The van der Waals surface area contributed by atoms with Crippen LogP contribution in [0.5, 0.6) is 0 Å². The van der Waals surface area contributed by atoms with Crippen LogP contribution in [0, 0.1) is 27.7 Å². The zero-order valence-corrected chi connectivity index (χ0v) is 17.7. The molecule has 1 amide bonds. The minimum absolute atomic E-state index is 0.0988. The van der Waals surface area contributed by atoms with Gasteiger partial charge in [0.25, 0.3) is 15.9 Å². The van der Waals surface area contributed by atoms with Crippen LogP contribution >= 0.6 is 0 Å². The molecule has 0 aliphatic carbocycles. The molecule has 0 bridgehead atoms. The van der Waals surface area contributed by atoms with Gasteiger partial charge >= 0.3 is 0 Å². The van der Waals surface area contributed by atoms with E-state index in [-0.39, 0.29) is 10.8 Å². The number of benzene rings is 3. The Bertz CT molecular complexity index is 1170. The number of nitrogens with one attached hydrogen (secondary N) is 2. The molecule has 0 aliphatic heterocycles. The Kier molecular flexibility index (Phi) is 5.75. The summed E-state index contributed by atoms with van der Waals surface area (Å²) in [5.41, 5.74) is 5.55. The lowest BCUT2D eigenvalue weighted by Gasteiger charge is -2.13. The summed E-state index contributed by atoms with van der Waals surface area (Å²) in [4.78, 5) is 12.6. The van der Waals surface area contributed by atoms with Gasteiger partial charge in [-0.1, -0.05) is 24.3 Å². The van der Waals surface area contributed by atoms with Gasteiger partial charge in [0.2, 0.25) is 0 Å². The van der Waals surface area contributed by atoms with E-state index in [0.717, 1.165) is 27.9 Å². The molecule has 29 heavy (non-hydrogen) atoms. The number of rotatable bonds is 5. The van der Waals surface area contributed by atoms with Crippen molar-refractivity contribution in [2.24, 2.45) is 0 Å². The maximum absolute atomic E-state index is 12.7. The molecule has 3 aromatic carbocycles. The lowest BCUT2D eigenvalue weighted by molar-refractivity contribution is 0.102. The van der Waals surface area contributed by atoms with Crippen molar-refractivity contribution >= 4 is 27.3 Å². The average molecular weight is 409 g/mol. The summed E-state index contributed by atoms with van der Waals surface area (Å²) in [7, 11) is -3.75. The number of carbonyl (C=O) groups excluding carboxylic acids is 1. The van der Waals surface area contributed by atoms with E-state index in [0.29, 0.717) is 11.3 Å². The summed E-state index contributed by atoms with van der Waals surface area (Å²) >= 11 is 0. The van der Waals surface area contributed by atoms with Gasteiger partial charge in [0.05, 0.1) is 10.6 Å². The van der Waals surface area contributed by atoms with Crippen LogP contribution in [0.15, 0.2) is 65.6 Å². The summed E-state index contributed by atoms with van der Waals surface area (Å²) in [6.07, 6.45) is 0. The maximum Gasteiger partial charge on any atom is 0.261 e. The van der Waals surface area contributed by atoms with E-state index in [9.17, 15) is 13.2 Å². The first-order chi connectivity index (χ1) is 13.7. The van der Waals surface area contributed by atoms with Gasteiger partial charge in [0.15, 0.2) is 0 Å². The first-order valence-corrected chi connectivity index (χ1v) is 10.7. The topological polar surface area (TPSA) is 75.3 Å². The number of sulfonamides is 1. The van der Waals surface area contributed by atoms with E-state index in [2.05, 4.69) is 10.0 Å². The molecular weight excluding hydrogens is 384 g/mol. The quantitative estimate of drug-likeness (QED) is 0.626. The van der Waals surface area contributed by atoms with Gasteiger partial charge in [-0.25, -0.2) is 8.42 Å². The van der Waals surface area contributed by atoms with E-state index in [4.69, 9.17) is 0 Å². The molecule has 0 spiro atoms. The van der Waals surface area contributed by atoms with Crippen LogP contribution in [0.4, 0.5) is 11.4 Å². The smallest absolute Gasteiger partial charge is 0.261 e. The molecule has 0 unspecified atom stereocenters. The maximum atomic E-state index is 12.7. The highest BCUT2D eigenvalue weighted by atomic mass is 32.2. The molecule has 0 fully saturated rings. The highest BCUT2D eigenvalue weighted by Crippen LogP contribution is 2.23. The molecule has 3 aromatic rings. The summed E-state index contributed by atoms with van der Waals surface area (Å²) in [6.45, 7) is 7.67. The molecule has 0 heterocycles. The Morgan fingerprint density at radius 2 is 1.48 bits per heavy atom. The zero-order valence-electron chi connectivity index (χ0n) is 16.9. The summed E-state index contributed by atoms with van der Waals surface area (Å²) < 4.78 is 28.0. The Morgan fingerprint density at radius 1 is 0.793 bits per heavy atom. The van der Waals surface area contributed by atoms with Crippen molar-refractivity contribution in [1.29, 1.82) is 0 Å². The minimum Gasteiger partial charge on any atom is -0.322 e. The lowest BCUT2D eigenvalue weighted by atomic mass is 10.1. The van der Waals surface area contributed by atoms with Crippen LogP contribution in [-0.2, 0) is 10.0 Å². The number of hydrogen-bond donors (Lipinski definition) is 2. The molecule has 0 radical (unpaired) electrons. The van der Waals surface area contributed by atoms with E-state index in [1.54, 1.807) is 12.1 Å². The summed E-state index contributed by atoms with van der Waals surface area (Å²) in [5, 5.41) is 2.88. The van der Waals surface area contributed by atoms with Gasteiger partial charge in [-0.15, -0.1) is 0 Å². The van der Waals surface area contributed by atoms with Gasteiger partial charge in [0.1, 0.15) is 0 Å². The molecule has 0 saturated carbocycles. The van der Waals surface area contributed by atoms with Crippen LogP contribution in [0.1, 0.15) is 32.6 Å². The summed E-state index contributed by atoms with van der Waals surface area (Å²) in [6, 6.07) is 17.2. The standard InChI is InChI=1S/C23H24N2O3S/c1-15-8-9-17(3)22(14-15)24-23(26)19-10-12-20(13-11-19)29(27,28)25-21-7-5-6-16(2)18(21)4/h5-14,25H,1-4H3,(H,24,26). The van der Waals surface area contributed by atoms with Crippen LogP contribution < -0.4 is 10.0 Å². The third kappa shape index (κ3) is 4.66. The van der Waals surface area contributed by atoms with E-state index < -0.39 is 10.0 Å². The number of aryl methyl sites for hydroxylation is 3. The fraction of sp³-hybridized carbons (Fsp3) is 0.174. The number of anilines is 2. The van der Waals surface area contributed by atoms with Crippen molar-refractivity contribution in [3.63, 3.8) is 0 Å². The molecule has 150 valence electrons. The number of hydrogen-bond acceptors (Lipinski definition) is 3. The van der Waals surface area contributed by atoms with Crippen molar-refractivity contribution in [2.45, 2.75) is 32.6 Å². The second-order valence-corrected chi connectivity index (χ2v) is 8.83. The Labute approximate surface area is 171 Å². The highest BCUT2D eigenvalue weighted by molar-refractivity contribution is 7.92. The van der Waals surface area contributed by atoms with Crippen LogP contribution in [-0.4, -0.2) is 14.3 Å². The second-order valence-electron chi connectivity index (χ2n) is 7.15. The second kappa shape index (κ2) is 8.09. The number of amides is 1. The molecular formula is C23H24N2O3S. The molecule has 0 aliphatic rings. The average Bonchev–Trinajstić information content (AvgIpc) is 2.68. The van der Waals surface area contributed by atoms with Crippen LogP contribution in [0.2, 0.25) is 0 Å². The largest absolute Gasteiger partial charge is 0.322 e. The zero-order chi connectivity index (χ0) is 21.2. The van der Waals surface area contributed by atoms with E-state index in [1.807, 2.05) is 52.0 Å². The molecule has 0 saturated heterocycles. The fourth-order valence-corrected chi connectivity index (χ4v) is 4.04. The van der Waals surface area contributed by atoms with E-state index in [1.165, 1.54) is 24.3 Å². The molecule has 6 heteroatoms. The highest BCUT2D eigenvalue weighted by Gasteiger charge is 2.17. The Hall–Kier alpha value is -3.12. The molecule has 5 nitrogen and oxygen atoms in total. The van der Waals surface area contributed by atoms with Crippen molar-refractivity contribution < 1.29 is 13.2 Å². The SMILES string of the molecule is Cc1ccc(C)c(NC(=O)c2ccc(S(=O)(=O)Nc3cccc(C)c3C)cc2)c1. The third-order valence-corrected chi connectivity index (χ3v) is 6.30. The van der Waals surface area contributed by atoms with Gasteiger partial charge in [0, 0.05) is 11.3 Å². The van der Waals surface area contributed by atoms with Crippen molar-refractivity contribution in [3.05, 3.63) is 88.5 Å². The van der Waals surface area contributed by atoms with Crippen LogP contribution in [0.25, 0.3) is 0 Å². The Balaban J connectivity index is 1.79. The fourth-order valence-electron chi connectivity index (χ4n) is 2.92. The van der Waals surface area contributed by atoms with Crippen molar-refractivity contribution in [1.82, 2.24) is 0 Å². The molecule has 0 atom stereocenters. The van der Waals surface area contributed by atoms with Crippen LogP contribution in [0.3, 0.4) is 0 Å². The number of carbonyl (C=O) groups is 1. The lowest BCUT2D eigenvalue weighted by Crippen LogP contribution is -2.15.